The lowest BCUT2D eigenvalue weighted by Gasteiger charge is -2.36. The quantitative estimate of drug-likeness (QED) is 0.0393. The van der Waals surface area contributed by atoms with Crippen LogP contribution in [0.3, 0.4) is 0 Å². The van der Waals surface area contributed by atoms with Crippen LogP contribution in [0.15, 0.2) is 161 Å². The van der Waals surface area contributed by atoms with Gasteiger partial charge in [-0.2, -0.15) is 30.0 Å². The number of piperidine rings is 1. The highest BCUT2D eigenvalue weighted by Crippen LogP contribution is 2.26. The third kappa shape index (κ3) is 17.2. The molecule has 0 saturated carbocycles. The second-order valence-corrected chi connectivity index (χ2v) is 29.6. The Kier molecular flexibility index (Phi) is 23.2. The Hall–Kier alpha value is -9.27. The summed E-state index contributed by atoms with van der Waals surface area (Å²) in [4.78, 5) is 54.9. The molecular formula is C69H81N15O9S3. The van der Waals surface area contributed by atoms with Crippen LogP contribution < -0.4 is 14.2 Å². The van der Waals surface area contributed by atoms with Crippen molar-refractivity contribution in [1.82, 2.24) is 57.5 Å². The van der Waals surface area contributed by atoms with E-state index in [0.717, 1.165) is 81.4 Å². The van der Waals surface area contributed by atoms with Gasteiger partial charge in [-0.1, -0.05) is 43.9 Å². The number of aryl methyl sites for hydroxylation is 3. The average Bonchev–Trinajstić information content (AvgIpc) is 1.49. The van der Waals surface area contributed by atoms with E-state index in [1.54, 1.807) is 157 Å². The predicted octanol–water partition coefficient (Wildman–Crippen LogP) is 8.94. The fourth-order valence-electron chi connectivity index (χ4n) is 12.7. The van der Waals surface area contributed by atoms with Gasteiger partial charge in [-0.25, -0.2) is 25.3 Å². The van der Waals surface area contributed by atoms with Gasteiger partial charge in [-0.05, 0) is 173 Å². The maximum atomic E-state index is 13.4. The molecule has 0 bridgehead atoms. The molecule has 9 heterocycles. The minimum Gasteiger partial charge on any atom is -0.361 e. The van der Waals surface area contributed by atoms with Gasteiger partial charge in [0.1, 0.15) is 53.4 Å². The van der Waals surface area contributed by atoms with Crippen LogP contribution in [-0.2, 0) is 64.1 Å². The van der Waals surface area contributed by atoms with E-state index < -0.39 is 48.2 Å². The number of sulfonamides is 3. The van der Waals surface area contributed by atoms with Crippen LogP contribution in [0.25, 0.3) is 32.7 Å². The standard InChI is InChI=1S/3C23H27N5O3S/c1-17-5-2-3-13-28(17)23(29)21(10-14-27-12-4-6-19(27)16-24)26-32(30,31)20-8-7-18-9-11-25-22(18)15-20;24-17-18-7-6-15-27(18)16-11-21(23(29)28-13-3-1-2-4-14-28)26-32(30,31)22-9-5-8-20-19(22)10-12-25-20;24-17-19-6-5-14-27(19)15-10-21(23(29)28-12-3-1-2-4-13-28)26-32(30,31)20-8-7-18-9-11-25-22(18)16-20/h4,6-9,11-12,15,17,21,25-26H,2-3,5,10,13-14H2,1H3;5-10,12,15,21,25-26H,1-4,11,13-14,16H2;5-9,11,14,16,21,25-26H,1-4,10,12-13,15H2. The molecule has 6 N–H and O–H groups in total. The zero-order chi connectivity index (χ0) is 67.8. The number of hydrogen-bond donors (Lipinski definition) is 6. The van der Waals surface area contributed by atoms with E-state index in [2.05, 4.69) is 47.3 Å². The topological polar surface area (TPSA) is 333 Å². The number of fused-ring (bicyclic) bond motifs is 3. The van der Waals surface area contributed by atoms with Gasteiger partial charge in [-0.3, -0.25) is 14.4 Å². The summed E-state index contributed by atoms with van der Waals surface area (Å²) in [5.74, 6) is -0.628. The number of H-pyrrole nitrogens is 3. The van der Waals surface area contributed by atoms with Crippen molar-refractivity contribution in [3.05, 3.63) is 163 Å². The molecule has 0 radical (unpaired) electrons. The molecule has 4 atom stereocenters. The largest absolute Gasteiger partial charge is 0.361 e. The highest BCUT2D eigenvalue weighted by atomic mass is 32.2. The first-order chi connectivity index (χ1) is 46.4. The molecule has 504 valence electrons. The van der Waals surface area contributed by atoms with E-state index in [1.807, 2.05) is 25.1 Å². The van der Waals surface area contributed by atoms with Crippen LogP contribution >= 0.6 is 0 Å². The maximum absolute atomic E-state index is 13.4. The first-order valence-corrected chi connectivity index (χ1v) is 37.1. The summed E-state index contributed by atoms with van der Waals surface area (Å²) in [7, 11) is -11.8. The Morgan fingerprint density at radius 3 is 1.31 bits per heavy atom. The van der Waals surface area contributed by atoms with Gasteiger partial charge in [0, 0.05) is 118 Å². The summed E-state index contributed by atoms with van der Waals surface area (Å²) in [5.41, 5.74) is 3.58. The summed E-state index contributed by atoms with van der Waals surface area (Å²) >= 11 is 0. The van der Waals surface area contributed by atoms with Gasteiger partial charge in [0.2, 0.25) is 47.8 Å². The van der Waals surface area contributed by atoms with E-state index in [9.17, 15) is 55.4 Å². The summed E-state index contributed by atoms with van der Waals surface area (Å²) in [5, 5.41) is 30.2. The van der Waals surface area contributed by atoms with Crippen molar-refractivity contribution in [3.63, 3.8) is 0 Å². The summed E-state index contributed by atoms with van der Waals surface area (Å²) < 4.78 is 92.7. The molecule has 4 unspecified atom stereocenters. The molecule has 12 rings (SSSR count). The van der Waals surface area contributed by atoms with Crippen LogP contribution in [0.4, 0.5) is 0 Å². The number of amides is 3. The summed E-state index contributed by atoms with van der Waals surface area (Å²) in [6.45, 7) is 6.24. The zero-order valence-electron chi connectivity index (χ0n) is 53.6. The molecule has 3 aliphatic rings. The first-order valence-electron chi connectivity index (χ1n) is 32.7. The molecule has 3 fully saturated rings. The third-order valence-electron chi connectivity index (χ3n) is 18.0. The molecular weight excluding hydrogens is 1280 g/mol. The van der Waals surface area contributed by atoms with Gasteiger partial charge in [0.15, 0.2) is 0 Å². The number of carbonyl (C=O) groups is 3. The Morgan fingerprint density at radius 2 is 0.875 bits per heavy atom. The van der Waals surface area contributed by atoms with Gasteiger partial charge in [0.05, 0.1) is 14.7 Å². The number of nitrogens with zero attached hydrogens (tertiary/aromatic N) is 9. The second-order valence-electron chi connectivity index (χ2n) is 24.5. The Morgan fingerprint density at radius 1 is 0.469 bits per heavy atom. The van der Waals surface area contributed by atoms with Crippen molar-refractivity contribution >= 4 is 80.5 Å². The number of nitriles is 3. The third-order valence-corrected chi connectivity index (χ3v) is 22.5. The molecule has 0 aliphatic carbocycles. The van der Waals surface area contributed by atoms with Gasteiger partial charge < -0.3 is 43.4 Å². The molecule has 27 heteroatoms. The highest BCUT2D eigenvalue weighted by molar-refractivity contribution is 7.90. The van der Waals surface area contributed by atoms with Crippen LogP contribution in [-0.4, -0.2) is 143 Å². The fourth-order valence-corrected chi connectivity index (χ4v) is 16.7. The molecule has 3 saturated heterocycles. The zero-order valence-corrected chi connectivity index (χ0v) is 56.1. The van der Waals surface area contributed by atoms with Crippen LogP contribution in [0, 0.1) is 34.0 Å². The van der Waals surface area contributed by atoms with Crippen molar-refractivity contribution < 1.29 is 39.6 Å². The minimum atomic E-state index is -3.95. The second kappa shape index (κ2) is 32.0. The SMILES string of the molecule is CC1CCCCN1C(=O)C(CCn1cccc1C#N)NS(=O)(=O)c1ccc2cc[nH]c2c1.N#Cc1cccn1CCC(NS(=O)(=O)c1ccc2cc[nH]c2c1)C(=O)N1CCCCCC1.N#Cc1cccn1CCC(NS(=O)(=O)c1cccc2[nH]ccc12)C(=O)N1CCCCCC1. The van der Waals surface area contributed by atoms with Crippen molar-refractivity contribution in [2.45, 2.75) is 155 Å². The molecule has 96 heavy (non-hydrogen) atoms. The van der Waals surface area contributed by atoms with Gasteiger partial charge in [-0.15, -0.1) is 0 Å². The lowest BCUT2D eigenvalue weighted by Crippen LogP contribution is -2.52. The van der Waals surface area contributed by atoms with Crippen LogP contribution in [0.2, 0.25) is 0 Å². The van der Waals surface area contributed by atoms with E-state index in [-0.39, 0.29) is 57.7 Å². The van der Waals surface area contributed by atoms with E-state index in [1.165, 1.54) is 0 Å². The van der Waals surface area contributed by atoms with E-state index in [0.29, 0.717) is 91.4 Å². The molecule has 6 aromatic heterocycles. The fraction of sp³-hybridized carbons (Fsp3) is 0.391. The van der Waals surface area contributed by atoms with Gasteiger partial charge >= 0.3 is 0 Å². The highest BCUT2D eigenvalue weighted by Gasteiger charge is 2.35. The van der Waals surface area contributed by atoms with Crippen molar-refractivity contribution in [2.75, 3.05) is 32.7 Å². The monoisotopic (exact) mass is 1360 g/mol. The minimum absolute atomic E-state index is 0.0692. The van der Waals surface area contributed by atoms with Gasteiger partial charge in [0.25, 0.3) is 0 Å². The van der Waals surface area contributed by atoms with E-state index in [4.69, 9.17) is 0 Å². The van der Waals surface area contributed by atoms with Crippen molar-refractivity contribution in [2.24, 2.45) is 0 Å². The lowest BCUT2D eigenvalue weighted by molar-refractivity contribution is -0.136. The van der Waals surface area contributed by atoms with E-state index >= 15 is 0 Å². The molecule has 24 nitrogen and oxygen atoms in total. The average molecular weight is 1360 g/mol. The summed E-state index contributed by atoms with van der Waals surface area (Å²) in [6.07, 6.45) is 22.1. The number of carbonyl (C=O) groups excluding carboxylic acids is 3. The van der Waals surface area contributed by atoms with Crippen molar-refractivity contribution in [1.29, 1.82) is 15.8 Å². The Bertz CT molecular complexity index is 4640. The predicted molar refractivity (Wildman–Crippen MR) is 364 cm³/mol. The molecule has 0 spiro atoms. The van der Waals surface area contributed by atoms with Crippen LogP contribution in [0.1, 0.15) is 114 Å². The van der Waals surface area contributed by atoms with Crippen molar-refractivity contribution in [3.8, 4) is 18.2 Å². The number of aromatic nitrogens is 6. The first kappa shape index (κ1) is 69.6. The molecule has 9 aromatic rings. The maximum Gasteiger partial charge on any atom is 0.241 e. The van der Waals surface area contributed by atoms with Crippen LogP contribution in [0.5, 0.6) is 0 Å². The number of likely N-dealkylation sites (tertiary alicyclic amines) is 3. The number of benzene rings is 3. The molecule has 3 aromatic carbocycles. The summed E-state index contributed by atoms with van der Waals surface area (Å²) in [6, 6.07) is 34.2. The molecule has 3 aliphatic heterocycles. The number of aromatic amines is 3. The Balaban J connectivity index is 0.000000157. The number of hydrogen-bond acceptors (Lipinski definition) is 12. The number of nitrogens with one attached hydrogen (secondary N) is 6. The lowest BCUT2D eigenvalue weighted by atomic mass is 10.0. The molecule has 3 amide bonds. The Labute approximate surface area is 560 Å². The number of rotatable bonds is 21. The normalized spacial score (nSPS) is 16.6. The smallest absolute Gasteiger partial charge is 0.241 e.